The highest BCUT2D eigenvalue weighted by molar-refractivity contribution is 5.22. The van der Waals surface area contributed by atoms with Gasteiger partial charge in [-0.3, -0.25) is 0 Å². The van der Waals surface area contributed by atoms with E-state index in [1.807, 2.05) is 20.8 Å². The summed E-state index contributed by atoms with van der Waals surface area (Å²) in [6.45, 7) is 6.38. The Kier molecular flexibility index (Phi) is 2.41. The average molecular weight is 152 g/mol. The van der Waals surface area contributed by atoms with E-state index >= 15 is 0 Å². The summed E-state index contributed by atoms with van der Waals surface area (Å²) in [5.41, 5.74) is 0.902. The first-order valence-electron chi connectivity index (χ1n) is 3.67. The lowest BCUT2D eigenvalue weighted by molar-refractivity contribution is 0.334. The summed E-state index contributed by atoms with van der Waals surface area (Å²) in [6, 6.07) is 0. The molecule has 0 unspecified atom stereocenters. The van der Waals surface area contributed by atoms with E-state index in [2.05, 4.69) is 9.97 Å². The molecule has 0 spiro atoms. The zero-order valence-electron chi connectivity index (χ0n) is 7.09. The molecule has 1 heterocycles. The van der Waals surface area contributed by atoms with E-state index in [9.17, 15) is 0 Å². The lowest BCUT2D eigenvalue weighted by Gasteiger charge is -2.04. The van der Waals surface area contributed by atoms with E-state index in [4.69, 9.17) is 4.74 Å². The van der Waals surface area contributed by atoms with Crippen LogP contribution in [0.15, 0.2) is 6.20 Å². The molecule has 60 valence electrons. The second-order valence-electron chi connectivity index (χ2n) is 2.30. The third-order valence-corrected chi connectivity index (χ3v) is 1.35. The molecule has 0 aliphatic carbocycles. The van der Waals surface area contributed by atoms with Crippen LogP contribution in [-0.2, 0) is 0 Å². The highest BCUT2D eigenvalue weighted by Gasteiger charge is 1.99. The van der Waals surface area contributed by atoms with E-state index < -0.39 is 0 Å². The van der Waals surface area contributed by atoms with Gasteiger partial charge in [0.25, 0.3) is 0 Å². The molecule has 0 amide bonds. The fourth-order valence-electron chi connectivity index (χ4n) is 0.869. The molecule has 0 saturated heterocycles. The Balaban J connectivity index is 2.90. The molecule has 0 aliphatic rings. The third-order valence-electron chi connectivity index (χ3n) is 1.35. The zero-order chi connectivity index (χ0) is 8.27. The van der Waals surface area contributed by atoms with Crippen molar-refractivity contribution in [2.75, 3.05) is 6.61 Å². The van der Waals surface area contributed by atoms with Crippen LogP contribution in [0.3, 0.4) is 0 Å². The van der Waals surface area contributed by atoms with Gasteiger partial charge in [0.05, 0.1) is 18.5 Å². The molecule has 0 saturated carbocycles. The Morgan fingerprint density at radius 3 is 2.73 bits per heavy atom. The summed E-state index contributed by atoms with van der Waals surface area (Å²) in [5, 5.41) is 0. The summed E-state index contributed by atoms with van der Waals surface area (Å²) in [7, 11) is 0. The first-order chi connectivity index (χ1) is 5.24. The standard InChI is InChI=1S/C8H12N2O/c1-4-11-8-5-9-7(3)10-6(8)2/h5H,4H2,1-3H3. The van der Waals surface area contributed by atoms with Gasteiger partial charge in [-0.05, 0) is 20.8 Å². The highest BCUT2D eigenvalue weighted by Crippen LogP contribution is 2.12. The van der Waals surface area contributed by atoms with Gasteiger partial charge in [0.2, 0.25) is 0 Å². The molecule has 1 rings (SSSR count). The van der Waals surface area contributed by atoms with Crippen molar-refractivity contribution < 1.29 is 4.74 Å². The van der Waals surface area contributed by atoms with Crippen molar-refractivity contribution in [3.8, 4) is 5.75 Å². The zero-order valence-corrected chi connectivity index (χ0v) is 7.09. The number of rotatable bonds is 2. The minimum atomic E-state index is 0.660. The topological polar surface area (TPSA) is 35.0 Å². The van der Waals surface area contributed by atoms with Crippen molar-refractivity contribution in [1.29, 1.82) is 0 Å². The van der Waals surface area contributed by atoms with Crippen LogP contribution in [0.1, 0.15) is 18.4 Å². The van der Waals surface area contributed by atoms with Gasteiger partial charge in [-0.25, -0.2) is 9.97 Å². The van der Waals surface area contributed by atoms with Crippen molar-refractivity contribution in [3.05, 3.63) is 17.7 Å². The number of nitrogens with zero attached hydrogens (tertiary/aromatic N) is 2. The molecular formula is C8H12N2O. The summed E-state index contributed by atoms with van der Waals surface area (Å²) < 4.78 is 5.27. The summed E-state index contributed by atoms with van der Waals surface area (Å²) in [6.07, 6.45) is 1.71. The molecule has 3 heteroatoms. The second kappa shape index (κ2) is 3.32. The molecule has 0 bridgehead atoms. The van der Waals surface area contributed by atoms with Gasteiger partial charge < -0.3 is 4.74 Å². The van der Waals surface area contributed by atoms with Crippen molar-refractivity contribution in [2.45, 2.75) is 20.8 Å². The molecule has 0 N–H and O–H groups in total. The largest absolute Gasteiger partial charge is 0.490 e. The van der Waals surface area contributed by atoms with Crippen LogP contribution in [0, 0.1) is 13.8 Å². The van der Waals surface area contributed by atoms with Gasteiger partial charge in [-0.1, -0.05) is 0 Å². The minimum Gasteiger partial charge on any atom is -0.490 e. The first-order valence-corrected chi connectivity index (χ1v) is 3.67. The van der Waals surface area contributed by atoms with Crippen LogP contribution in [0.5, 0.6) is 5.75 Å². The predicted octanol–water partition coefficient (Wildman–Crippen LogP) is 1.49. The van der Waals surface area contributed by atoms with Crippen LogP contribution in [-0.4, -0.2) is 16.6 Å². The number of hydrogen-bond acceptors (Lipinski definition) is 3. The molecule has 0 aromatic carbocycles. The van der Waals surface area contributed by atoms with Gasteiger partial charge in [-0.2, -0.15) is 0 Å². The van der Waals surface area contributed by atoms with Crippen LogP contribution in [0.2, 0.25) is 0 Å². The fraction of sp³-hybridized carbons (Fsp3) is 0.500. The molecular weight excluding hydrogens is 140 g/mol. The Morgan fingerprint density at radius 1 is 1.45 bits per heavy atom. The molecule has 1 aromatic rings. The van der Waals surface area contributed by atoms with E-state index in [1.54, 1.807) is 6.20 Å². The SMILES string of the molecule is CCOc1cnc(C)nc1C. The van der Waals surface area contributed by atoms with Gasteiger partial charge in [0.1, 0.15) is 5.82 Å². The Labute approximate surface area is 66.4 Å². The highest BCUT2D eigenvalue weighted by atomic mass is 16.5. The second-order valence-corrected chi connectivity index (χ2v) is 2.30. The molecule has 11 heavy (non-hydrogen) atoms. The Bertz CT molecular complexity index is 248. The molecule has 3 nitrogen and oxygen atoms in total. The van der Waals surface area contributed by atoms with Crippen LogP contribution >= 0.6 is 0 Å². The van der Waals surface area contributed by atoms with E-state index in [0.717, 1.165) is 17.3 Å². The molecule has 0 aliphatic heterocycles. The Morgan fingerprint density at radius 2 is 2.18 bits per heavy atom. The fourth-order valence-corrected chi connectivity index (χ4v) is 0.869. The lowest BCUT2D eigenvalue weighted by Crippen LogP contribution is -1.98. The third kappa shape index (κ3) is 1.90. The molecule has 0 radical (unpaired) electrons. The maximum absolute atomic E-state index is 5.27. The maximum Gasteiger partial charge on any atom is 0.158 e. The van der Waals surface area contributed by atoms with Gasteiger partial charge in [0.15, 0.2) is 5.75 Å². The van der Waals surface area contributed by atoms with Gasteiger partial charge in [0, 0.05) is 0 Å². The first kappa shape index (κ1) is 7.98. The number of aromatic nitrogens is 2. The normalized spacial score (nSPS) is 9.73. The van der Waals surface area contributed by atoms with Crippen LogP contribution in [0.25, 0.3) is 0 Å². The van der Waals surface area contributed by atoms with Gasteiger partial charge >= 0.3 is 0 Å². The number of hydrogen-bond donors (Lipinski definition) is 0. The van der Waals surface area contributed by atoms with E-state index in [1.165, 1.54) is 0 Å². The summed E-state index contributed by atoms with van der Waals surface area (Å²) in [5.74, 6) is 1.56. The predicted molar refractivity (Wildman–Crippen MR) is 42.7 cm³/mol. The molecule has 0 atom stereocenters. The Hall–Kier alpha value is -1.12. The van der Waals surface area contributed by atoms with E-state index in [0.29, 0.717) is 6.61 Å². The van der Waals surface area contributed by atoms with Crippen LogP contribution < -0.4 is 4.74 Å². The average Bonchev–Trinajstić information content (AvgIpc) is 1.95. The molecule has 1 aromatic heterocycles. The lowest BCUT2D eigenvalue weighted by atomic mass is 10.4. The summed E-state index contributed by atoms with van der Waals surface area (Å²) >= 11 is 0. The monoisotopic (exact) mass is 152 g/mol. The number of aryl methyl sites for hydroxylation is 2. The van der Waals surface area contributed by atoms with Crippen molar-refractivity contribution >= 4 is 0 Å². The molecule has 0 fully saturated rings. The summed E-state index contributed by atoms with van der Waals surface area (Å²) in [4.78, 5) is 8.18. The van der Waals surface area contributed by atoms with Gasteiger partial charge in [-0.15, -0.1) is 0 Å². The van der Waals surface area contributed by atoms with Crippen molar-refractivity contribution in [3.63, 3.8) is 0 Å². The quantitative estimate of drug-likeness (QED) is 0.644. The maximum atomic E-state index is 5.27. The van der Waals surface area contributed by atoms with Crippen molar-refractivity contribution in [1.82, 2.24) is 9.97 Å². The smallest absolute Gasteiger partial charge is 0.158 e. The minimum absolute atomic E-state index is 0.660. The van der Waals surface area contributed by atoms with Crippen LogP contribution in [0.4, 0.5) is 0 Å². The van der Waals surface area contributed by atoms with E-state index in [-0.39, 0.29) is 0 Å². The van der Waals surface area contributed by atoms with Crippen molar-refractivity contribution in [2.24, 2.45) is 0 Å². The number of ether oxygens (including phenoxy) is 1.